The van der Waals surface area contributed by atoms with Crippen molar-refractivity contribution in [2.75, 3.05) is 25.5 Å². The number of rotatable bonds is 3. The number of halogens is 3. The van der Waals surface area contributed by atoms with Gasteiger partial charge in [0.1, 0.15) is 11.4 Å². The fourth-order valence-corrected chi connectivity index (χ4v) is 3.80. The normalized spacial score (nSPS) is 18.1. The van der Waals surface area contributed by atoms with Gasteiger partial charge in [0.2, 0.25) is 0 Å². The van der Waals surface area contributed by atoms with E-state index >= 15 is 0 Å². The van der Waals surface area contributed by atoms with E-state index in [4.69, 9.17) is 0 Å². The summed E-state index contributed by atoms with van der Waals surface area (Å²) in [5, 5.41) is 23.8. The molecule has 0 aliphatic carbocycles. The molecular weight excluding hydrogens is 381 g/mol. The van der Waals surface area contributed by atoms with E-state index in [2.05, 4.69) is 27.5 Å². The predicted octanol–water partition coefficient (Wildman–Crippen LogP) is 4.53. The molecule has 0 amide bonds. The second-order valence-electron chi connectivity index (χ2n) is 7.42. The van der Waals surface area contributed by atoms with Gasteiger partial charge in [-0.25, -0.2) is 0 Å². The van der Waals surface area contributed by atoms with Crippen molar-refractivity contribution in [3.63, 3.8) is 0 Å². The van der Waals surface area contributed by atoms with Gasteiger partial charge in [-0.2, -0.15) is 13.2 Å². The Morgan fingerprint density at radius 2 is 1.86 bits per heavy atom. The highest BCUT2D eigenvalue weighted by Gasteiger charge is 2.31. The minimum Gasteiger partial charge on any atom is -0.507 e. The first-order chi connectivity index (χ1) is 13.8. The number of phenols is 1. The van der Waals surface area contributed by atoms with E-state index in [0.29, 0.717) is 16.9 Å². The molecule has 5 nitrogen and oxygen atoms in total. The predicted molar refractivity (Wildman–Crippen MR) is 106 cm³/mol. The number of piperidine rings is 1. The monoisotopic (exact) mass is 402 g/mol. The van der Waals surface area contributed by atoms with Gasteiger partial charge in [-0.3, -0.25) is 0 Å². The van der Waals surface area contributed by atoms with Crippen LogP contribution in [0.3, 0.4) is 0 Å². The zero-order valence-electron chi connectivity index (χ0n) is 15.9. The molecule has 0 bridgehead atoms. The molecule has 1 atom stereocenters. The van der Waals surface area contributed by atoms with Crippen LogP contribution >= 0.6 is 0 Å². The molecular formula is C21H21F3N4O. The second-order valence-corrected chi connectivity index (χ2v) is 7.42. The molecule has 0 radical (unpaired) electrons. The lowest BCUT2D eigenvalue weighted by molar-refractivity contribution is -0.137. The van der Waals surface area contributed by atoms with Crippen molar-refractivity contribution < 1.29 is 18.3 Å². The SMILES string of the molecule is CN1CCC[C@@H](Nc2nnc(-c3ccc(C(F)(F)F)cc3O)c3ccccc23)C1. The van der Waals surface area contributed by atoms with Crippen molar-refractivity contribution in [2.45, 2.75) is 25.1 Å². The first-order valence-corrected chi connectivity index (χ1v) is 9.44. The number of hydrogen-bond donors (Lipinski definition) is 2. The average Bonchev–Trinajstić information content (AvgIpc) is 2.68. The number of hydrogen-bond acceptors (Lipinski definition) is 5. The number of alkyl halides is 3. The summed E-state index contributed by atoms with van der Waals surface area (Å²) in [6, 6.07) is 10.6. The lowest BCUT2D eigenvalue weighted by Gasteiger charge is -2.30. The molecule has 1 aliphatic rings. The Kier molecular flexibility index (Phi) is 5.04. The smallest absolute Gasteiger partial charge is 0.416 e. The van der Waals surface area contributed by atoms with Crippen molar-refractivity contribution >= 4 is 16.6 Å². The third-order valence-corrected chi connectivity index (χ3v) is 5.23. The molecule has 1 aliphatic heterocycles. The van der Waals surface area contributed by atoms with E-state index in [1.54, 1.807) is 0 Å². The van der Waals surface area contributed by atoms with Crippen LogP contribution in [0.15, 0.2) is 42.5 Å². The van der Waals surface area contributed by atoms with Gasteiger partial charge in [-0.1, -0.05) is 24.3 Å². The summed E-state index contributed by atoms with van der Waals surface area (Å²) < 4.78 is 38.7. The number of nitrogens with zero attached hydrogens (tertiary/aromatic N) is 3. The number of phenolic OH excluding ortho intramolecular Hbond substituents is 1. The van der Waals surface area contributed by atoms with E-state index < -0.39 is 17.5 Å². The van der Waals surface area contributed by atoms with Crippen LogP contribution in [0.25, 0.3) is 22.0 Å². The number of likely N-dealkylation sites (tertiary alicyclic amines) is 1. The molecule has 0 saturated carbocycles. The van der Waals surface area contributed by atoms with Crippen molar-refractivity contribution in [1.29, 1.82) is 0 Å². The molecule has 0 unspecified atom stereocenters. The van der Waals surface area contributed by atoms with Crippen molar-refractivity contribution in [3.8, 4) is 17.0 Å². The zero-order valence-corrected chi connectivity index (χ0v) is 15.9. The molecule has 8 heteroatoms. The summed E-state index contributed by atoms with van der Waals surface area (Å²) in [5.41, 5.74) is -0.348. The van der Waals surface area contributed by atoms with Crippen LogP contribution in [0, 0.1) is 0 Å². The summed E-state index contributed by atoms with van der Waals surface area (Å²) in [6.45, 7) is 1.97. The van der Waals surface area contributed by atoms with Gasteiger partial charge in [-0.05, 0) is 44.6 Å². The molecule has 2 aromatic carbocycles. The summed E-state index contributed by atoms with van der Waals surface area (Å²) in [4.78, 5) is 2.26. The number of aromatic nitrogens is 2. The highest BCUT2D eigenvalue weighted by molar-refractivity contribution is 6.00. The van der Waals surface area contributed by atoms with Crippen LogP contribution in [-0.4, -0.2) is 46.4 Å². The Morgan fingerprint density at radius 1 is 1.10 bits per heavy atom. The van der Waals surface area contributed by atoms with Gasteiger partial charge in [-0.15, -0.1) is 10.2 Å². The topological polar surface area (TPSA) is 61.3 Å². The highest BCUT2D eigenvalue weighted by Crippen LogP contribution is 2.38. The largest absolute Gasteiger partial charge is 0.507 e. The molecule has 0 spiro atoms. The van der Waals surface area contributed by atoms with Crippen LogP contribution in [0.4, 0.5) is 19.0 Å². The van der Waals surface area contributed by atoms with Gasteiger partial charge >= 0.3 is 6.18 Å². The molecule has 1 aromatic heterocycles. The maximum absolute atomic E-state index is 12.9. The molecule has 29 heavy (non-hydrogen) atoms. The average molecular weight is 402 g/mol. The second kappa shape index (κ2) is 7.51. The molecule has 1 fully saturated rings. The summed E-state index contributed by atoms with van der Waals surface area (Å²) in [6.07, 6.45) is -2.40. The van der Waals surface area contributed by atoms with Gasteiger partial charge < -0.3 is 15.3 Å². The molecule has 4 rings (SSSR count). The maximum Gasteiger partial charge on any atom is 0.416 e. The van der Waals surface area contributed by atoms with Crippen molar-refractivity contribution in [1.82, 2.24) is 15.1 Å². The molecule has 152 valence electrons. The molecule has 2 heterocycles. The van der Waals surface area contributed by atoms with Crippen molar-refractivity contribution in [3.05, 3.63) is 48.0 Å². The Bertz CT molecular complexity index is 1040. The number of nitrogens with one attached hydrogen (secondary N) is 1. The maximum atomic E-state index is 12.9. The number of fused-ring (bicyclic) bond motifs is 1. The third kappa shape index (κ3) is 3.98. The number of anilines is 1. The molecule has 1 saturated heterocycles. The van der Waals surface area contributed by atoms with E-state index in [-0.39, 0.29) is 11.6 Å². The van der Waals surface area contributed by atoms with E-state index in [1.807, 2.05) is 24.3 Å². The van der Waals surface area contributed by atoms with Crippen LogP contribution in [0.2, 0.25) is 0 Å². The van der Waals surface area contributed by atoms with Gasteiger partial charge in [0.25, 0.3) is 0 Å². The fraction of sp³-hybridized carbons (Fsp3) is 0.333. The third-order valence-electron chi connectivity index (χ3n) is 5.23. The minimum absolute atomic E-state index is 0.214. The van der Waals surface area contributed by atoms with Crippen molar-refractivity contribution in [2.24, 2.45) is 0 Å². The van der Waals surface area contributed by atoms with E-state index in [9.17, 15) is 18.3 Å². The first-order valence-electron chi connectivity index (χ1n) is 9.44. The van der Waals surface area contributed by atoms with Crippen LogP contribution in [0.1, 0.15) is 18.4 Å². The fourth-order valence-electron chi connectivity index (χ4n) is 3.80. The highest BCUT2D eigenvalue weighted by atomic mass is 19.4. The number of benzene rings is 2. The van der Waals surface area contributed by atoms with Crippen LogP contribution in [0.5, 0.6) is 5.75 Å². The standard InChI is InChI=1S/C21H21F3N4O/c1-28-10-4-5-14(12-28)25-20-16-7-3-2-6-15(16)19(26-27-20)17-9-8-13(11-18(17)29)21(22,23)24/h2-3,6-9,11,14,29H,4-5,10,12H2,1H3,(H,25,27)/t14-/m1/s1. The Labute approximate surface area is 166 Å². The number of likely N-dealkylation sites (N-methyl/N-ethyl adjacent to an activating group) is 1. The van der Waals surface area contributed by atoms with Crippen LogP contribution in [-0.2, 0) is 6.18 Å². The Morgan fingerprint density at radius 3 is 2.55 bits per heavy atom. The summed E-state index contributed by atoms with van der Waals surface area (Å²) >= 11 is 0. The molecule has 2 N–H and O–H groups in total. The van der Waals surface area contributed by atoms with Gasteiger partial charge in [0, 0.05) is 28.9 Å². The Balaban J connectivity index is 1.74. The summed E-state index contributed by atoms with van der Waals surface area (Å²) in [7, 11) is 2.08. The van der Waals surface area contributed by atoms with Gasteiger partial charge in [0.05, 0.1) is 5.56 Å². The minimum atomic E-state index is -4.52. The first kappa shape index (κ1) is 19.4. The molecule has 3 aromatic rings. The summed E-state index contributed by atoms with van der Waals surface area (Å²) in [5.74, 6) is 0.157. The van der Waals surface area contributed by atoms with E-state index in [1.165, 1.54) is 6.07 Å². The lowest BCUT2D eigenvalue weighted by atomic mass is 10.0. The zero-order chi connectivity index (χ0) is 20.6. The lowest BCUT2D eigenvalue weighted by Crippen LogP contribution is -2.40. The van der Waals surface area contributed by atoms with Gasteiger partial charge in [0.15, 0.2) is 5.82 Å². The van der Waals surface area contributed by atoms with E-state index in [0.717, 1.165) is 43.5 Å². The number of aromatic hydroxyl groups is 1. The Hall–Kier alpha value is -2.87. The van der Waals surface area contributed by atoms with Crippen LogP contribution < -0.4 is 5.32 Å². The quantitative estimate of drug-likeness (QED) is 0.674.